The van der Waals surface area contributed by atoms with Crippen LogP contribution >= 0.6 is 0 Å². The van der Waals surface area contributed by atoms with Gasteiger partial charge in [0.1, 0.15) is 13.2 Å². The van der Waals surface area contributed by atoms with E-state index in [-0.39, 0.29) is 13.2 Å². The molecule has 0 aromatic rings. The molecule has 0 saturated carbocycles. The van der Waals surface area contributed by atoms with Gasteiger partial charge in [0.25, 0.3) is 0 Å². The molecule has 0 spiro atoms. The van der Waals surface area contributed by atoms with E-state index in [9.17, 15) is 9.59 Å². The zero-order valence-corrected chi connectivity index (χ0v) is 25.2. The molecule has 0 saturated heterocycles. The Morgan fingerprint density at radius 2 is 0.897 bits per heavy atom. The Balaban J connectivity index is 3.27. The van der Waals surface area contributed by atoms with Crippen molar-refractivity contribution in [2.75, 3.05) is 39.5 Å². The van der Waals surface area contributed by atoms with E-state index in [0.717, 1.165) is 77.3 Å². The fourth-order valence-electron chi connectivity index (χ4n) is 3.91. The van der Waals surface area contributed by atoms with Crippen molar-refractivity contribution in [2.45, 2.75) is 129 Å². The summed E-state index contributed by atoms with van der Waals surface area (Å²) in [5, 5.41) is 3.48. The lowest BCUT2D eigenvalue weighted by Gasteiger charge is -2.06. The molecule has 0 aliphatic carbocycles. The number of hydrogen-bond donors (Lipinski definition) is 1. The van der Waals surface area contributed by atoms with Crippen LogP contribution in [0.3, 0.4) is 0 Å². The van der Waals surface area contributed by atoms with E-state index in [1.54, 1.807) is 0 Å². The van der Waals surface area contributed by atoms with Crippen LogP contribution in [0.4, 0.5) is 9.59 Å². The van der Waals surface area contributed by atoms with E-state index in [1.807, 2.05) is 12.2 Å². The van der Waals surface area contributed by atoms with Gasteiger partial charge in [-0.15, -0.1) is 0 Å². The van der Waals surface area contributed by atoms with Gasteiger partial charge in [-0.1, -0.05) is 102 Å². The van der Waals surface area contributed by atoms with E-state index < -0.39 is 12.3 Å². The second kappa shape index (κ2) is 32.2. The summed E-state index contributed by atoms with van der Waals surface area (Å²) in [5.74, 6) is 0. The van der Waals surface area contributed by atoms with Crippen LogP contribution in [0.2, 0.25) is 0 Å². The van der Waals surface area contributed by atoms with Gasteiger partial charge in [-0.2, -0.15) is 0 Å². The minimum Gasteiger partial charge on any atom is -0.434 e. The Bertz CT molecular complexity index is 543. The van der Waals surface area contributed by atoms with Crippen LogP contribution in [0.25, 0.3) is 0 Å². The Kier molecular flexibility index (Phi) is 30.5. The van der Waals surface area contributed by atoms with Crippen molar-refractivity contribution in [1.82, 2.24) is 5.32 Å². The lowest BCUT2D eigenvalue weighted by Crippen LogP contribution is -2.16. The number of carbonyl (C=O) groups is 2. The number of hydrogen-bond acceptors (Lipinski definition) is 7. The maximum atomic E-state index is 11.5. The number of allylic oxidation sites excluding steroid dienone is 2. The highest BCUT2D eigenvalue weighted by Crippen LogP contribution is 2.05. The molecule has 0 amide bonds. The topological polar surface area (TPSA) is 83.1 Å². The average Bonchev–Trinajstić information content (AvgIpc) is 2.93. The van der Waals surface area contributed by atoms with E-state index >= 15 is 0 Å². The summed E-state index contributed by atoms with van der Waals surface area (Å²) >= 11 is 0. The molecule has 7 nitrogen and oxygen atoms in total. The third-order valence-electron chi connectivity index (χ3n) is 6.31. The van der Waals surface area contributed by atoms with E-state index in [4.69, 9.17) is 18.9 Å². The van der Waals surface area contributed by atoms with E-state index in [1.165, 1.54) is 51.4 Å². The number of unbranched alkanes of at least 4 members (excludes halogenated alkanes) is 14. The molecule has 0 bridgehead atoms. The van der Waals surface area contributed by atoms with Crippen LogP contribution in [0.1, 0.15) is 129 Å². The molecule has 0 heterocycles. The molecule has 0 atom stereocenters. The highest BCUT2D eigenvalue weighted by atomic mass is 16.7. The van der Waals surface area contributed by atoms with Gasteiger partial charge in [-0.05, 0) is 64.5 Å². The molecule has 0 fully saturated rings. The summed E-state index contributed by atoms with van der Waals surface area (Å²) in [5.41, 5.74) is 0. The van der Waals surface area contributed by atoms with Gasteiger partial charge >= 0.3 is 12.3 Å². The lowest BCUT2D eigenvalue weighted by molar-refractivity contribution is 0.0610. The molecule has 39 heavy (non-hydrogen) atoms. The number of carbonyl (C=O) groups excluding carboxylic acids is 2. The second-order valence-corrected chi connectivity index (χ2v) is 10.0. The van der Waals surface area contributed by atoms with Crippen LogP contribution < -0.4 is 5.32 Å². The minimum atomic E-state index is -0.574. The molecule has 0 aliphatic rings. The first-order chi connectivity index (χ1) is 19.2. The van der Waals surface area contributed by atoms with Crippen LogP contribution in [-0.2, 0) is 18.9 Å². The minimum absolute atomic E-state index is 0.290. The number of ether oxygens (including phenoxy) is 4. The Morgan fingerprint density at radius 1 is 0.487 bits per heavy atom. The molecule has 7 heteroatoms. The fraction of sp³-hybridized carbons (Fsp3) is 0.812. The van der Waals surface area contributed by atoms with Crippen molar-refractivity contribution in [1.29, 1.82) is 0 Å². The average molecular weight is 554 g/mol. The molecule has 0 rings (SSSR count). The highest BCUT2D eigenvalue weighted by molar-refractivity contribution is 5.60. The van der Waals surface area contributed by atoms with Crippen molar-refractivity contribution in [2.24, 2.45) is 0 Å². The summed E-state index contributed by atoms with van der Waals surface area (Å²) < 4.78 is 20.3. The molecule has 0 aliphatic heterocycles. The van der Waals surface area contributed by atoms with Crippen molar-refractivity contribution in [3.63, 3.8) is 0 Å². The molecule has 0 unspecified atom stereocenters. The van der Waals surface area contributed by atoms with Gasteiger partial charge < -0.3 is 24.3 Å². The van der Waals surface area contributed by atoms with Crippen molar-refractivity contribution in [3.8, 4) is 0 Å². The van der Waals surface area contributed by atoms with E-state index in [2.05, 4.69) is 31.3 Å². The summed E-state index contributed by atoms with van der Waals surface area (Å²) in [7, 11) is 0. The largest absolute Gasteiger partial charge is 0.508 e. The molecule has 1 N–H and O–H groups in total. The predicted molar refractivity (Wildman–Crippen MR) is 160 cm³/mol. The second-order valence-electron chi connectivity index (χ2n) is 10.0. The normalized spacial score (nSPS) is 11.3. The number of nitrogens with one attached hydrogen (secondary N) is 1. The maximum absolute atomic E-state index is 11.5. The van der Waals surface area contributed by atoms with Gasteiger partial charge in [0.2, 0.25) is 0 Å². The molecule has 0 radical (unpaired) electrons. The maximum Gasteiger partial charge on any atom is 0.508 e. The smallest absolute Gasteiger partial charge is 0.434 e. The first kappa shape index (κ1) is 37.0. The summed E-state index contributed by atoms with van der Waals surface area (Å²) in [6.45, 7) is 7.85. The predicted octanol–water partition coefficient (Wildman–Crippen LogP) is 9.06. The Hall–Kier alpha value is -2.02. The summed E-state index contributed by atoms with van der Waals surface area (Å²) in [6, 6.07) is 0. The summed E-state index contributed by atoms with van der Waals surface area (Å²) in [4.78, 5) is 23.1. The lowest BCUT2D eigenvalue weighted by atomic mass is 10.1. The fourth-order valence-corrected chi connectivity index (χ4v) is 3.91. The SMILES string of the molecule is CCCCCC/C=C\COC(=O)OCCCCCCNCCCCCCOC(=O)OC/C=C\CCCCCC. The van der Waals surface area contributed by atoms with Gasteiger partial charge in [0, 0.05) is 0 Å². The zero-order chi connectivity index (χ0) is 28.5. The van der Waals surface area contributed by atoms with Gasteiger partial charge in [0.05, 0.1) is 13.2 Å². The molecule has 0 aromatic carbocycles. The third kappa shape index (κ3) is 32.1. The van der Waals surface area contributed by atoms with E-state index in [0.29, 0.717) is 13.2 Å². The monoisotopic (exact) mass is 553 g/mol. The van der Waals surface area contributed by atoms with Crippen LogP contribution in [0.5, 0.6) is 0 Å². The Labute approximate surface area is 239 Å². The molecular formula is C32H59NO6. The quantitative estimate of drug-likeness (QED) is 0.0587. The standard InChI is InChI=1S/C32H59NO6/c1-3-5-7-9-11-15-21-27-36-31(34)38-29-23-17-13-19-25-33-26-20-14-18-24-30-39-32(35)37-28-22-16-12-10-8-6-4-2/h15-16,21-22,33H,3-14,17-20,23-30H2,1-2H3/b21-15-,22-16-. The van der Waals surface area contributed by atoms with Gasteiger partial charge in [-0.25, -0.2) is 9.59 Å². The van der Waals surface area contributed by atoms with Gasteiger partial charge in [-0.3, -0.25) is 0 Å². The van der Waals surface area contributed by atoms with Crippen molar-refractivity contribution in [3.05, 3.63) is 24.3 Å². The first-order valence-electron chi connectivity index (χ1n) is 15.8. The van der Waals surface area contributed by atoms with Crippen LogP contribution in [-0.4, -0.2) is 51.8 Å². The van der Waals surface area contributed by atoms with Crippen molar-refractivity contribution < 1.29 is 28.5 Å². The zero-order valence-electron chi connectivity index (χ0n) is 25.2. The van der Waals surface area contributed by atoms with Crippen LogP contribution in [0.15, 0.2) is 24.3 Å². The van der Waals surface area contributed by atoms with Gasteiger partial charge in [0.15, 0.2) is 0 Å². The first-order valence-corrected chi connectivity index (χ1v) is 15.8. The van der Waals surface area contributed by atoms with Crippen LogP contribution in [0, 0.1) is 0 Å². The molecular weight excluding hydrogens is 494 g/mol. The number of rotatable bonds is 28. The Morgan fingerprint density at radius 3 is 1.33 bits per heavy atom. The highest BCUT2D eigenvalue weighted by Gasteiger charge is 2.03. The molecule has 0 aromatic heterocycles. The van der Waals surface area contributed by atoms with Crippen molar-refractivity contribution >= 4 is 12.3 Å². The third-order valence-corrected chi connectivity index (χ3v) is 6.31. The molecule has 228 valence electrons. The summed E-state index contributed by atoms with van der Waals surface area (Å²) in [6.07, 6.45) is 27.1.